The molecule has 2 rings (SSSR count). The largest absolute Gasteiger partial charge is 0.472 e. The van der Waals surface area contributed by atoms with E-state index in [2.05, 4.69) is 0 Å². The van der Waals surface area contributed by atoms with Crippen LogP contribution in [0.15, 0.2) is 18.2 Å². The number of hydrogen-bond donors (Lipinski definition) is 1. The number of phosphoric acid groups is 1. The summed E-state index contributed by atoms with van der Waals surface area (Å²) in [4.78, 5) is 9.43. The monoisotopic (exact) mass is 310 g/mol. The Bertz CT molecular complexity index is 518. The molecule has 1 fully saturated rings. The maximum atomic E-state index is 11.5. The summed E-state index contributed by atoms with van der Waals surface area (Å²) in [5.41, 5.74) is 0.164. The van der Waals surface area contributed by atoms with Crippen molar-refractivity contribution < 1.29 is 18.5 Å². The summed E-state index contributed by atoms with van der Waals surface area (Å²) in [7, 11) is -4.01. The van der Waals surface area contributed by atoms with Crippen molar-refractivity contribution in [3.05, 3.63) is 33.8 Å². The normalized spacial score (nSPS) is 31.3. The van der Waals surface area contributed by atoms with E-state index in [9.17, 15) is 9.46 Å². The van der Waals surface area contributed by atoms with Crippen LogP contribution in [-0.4, -0.2) is 11.5 Å². The zero-order valence-corrected chi connectivity index (χ0v) is 12.3. The van der Waals surface area contributed by atoms with Crippen molar-refractivity contribution in [3.8, 4) is 0 Å². The summed E-state index contributed by atoms with van der Waals surface area (Å²) >= 11 is 11.9. The topological polar surface area (TPSA) is 55.8 Å². The molecule has 7 heteroatoms. The average molecular weight is 311 g/mol. The first-order valence-corrected chi connectivity index (χ1v) is 7.57. The second kappa shape index (κ2) is 4.78. The van der Waals surface area contributed by atoms with E-state index in [0.717, 1.165) is 0 Å². The molecule has 0 spiro atoms. The summed E-state index contributed by atoms with van der Waals surface area (Å²) in [6, 6.07) is 4.94. The van der Waals surface area contributed by atoms with Crippen molar-refractivity contribution in [2.75, 3.05) is 6.61 Å². The lowest BCUT2D eigenvalue weighted by Crippen LogP contribution is -2.33. The van der Waals surface area contributed by atoms with Crippen molar-refractivity contribution in [1.29, 1.82) is 0 Å². The SMILES string of the molecule is CC1(C)COP(=O)(O)OC1c1ccc(Cl)cc1Cl. The van der Waals surface area contributed by atoms with Crippen molar-refractivity contribution >= 4 is 31.0 Å². The summed E-state index contributed by atoms with van der Waals surface area (Å²) in [5.74, 6) is 0. The fourth-order valence-corrected chi connectivity index (χ4v) is 3.55. The fraction of sp³-hybridized carbons (Fsp3) is 0.455. The lowest BCUT2D eigenvalue weighted by atomic mass is 9.83. The molecule has 100 valence electrons. The number of halogens is 2. The van der Waals surface area contributed by atoms with Crippen LogP contribution in [0.1, 0.15) is 25.5 Å². The van der Waals surface area contributed by atoms with Crippen molar-refractivity contribution in [3.63, 3.8) is 0 Å². The molecule has 1 aromatic carbocycles. The Morgan fingerprint density at radius 1 is 1.44 bits per heavy atom. The van der Waals surface area contributed by atoms with Crippen LogP contribution in [0.5, 0.6) is 0 Å². The molecule has 2 unspecified atom stereocenters. The molecule has 18 heavy (non-hydrogen) atoms. The summed E-state index contributed by atoms with van der Waals surface area (Å²) in [5, 5.41) is 0.906. The molecule has 1 heterocycles. The zero-order valence-electron chi connectivity index (χ0n) is 9.89. The van der Waals surface area contributed by atoms with Gasteiger partial charge in [0.05, 0.1) is 6.61 Å². The molecule has 1 aliphatic heterocycles. The van der Waals surface area contributed by atoms with E-state index in [1.807, 2.05) is 13.8 Å². The van der Waals surface area contributed by atoms with Gasteiger partial charge in [0.25, 0.3) is 0 Å². The maximum Gasteiger partial charge on any atom is 0.472 e. The van der Waals surface area contributed by atoms with Gasteiger partial charge in [-0.05, 0) is 12.1 Å². The summed E-state index contributed by atoms with van der Waals surface area (Å²) in [6.45, 7) is 3.87. The van der Waals surface area contributed by atoms with Gasteiger partial charge < -0.3 is 4.89 Å². The second-order valence-corrected chi connectivity index (χ2v) is 7.13. The van der Waals surface area contributed by atoms with Crippen LogP contribution in [-0.2, 0) is 13.6 Å². The van der Waals surface area contributed by atoms with E-state index < -0.39 is 19.3 Å². The molecule has 2 atom stereocenters. The summed E-state index contributed by atoms with van der Waals surface area (Å²) in [6.07, 6.45) is -0.619. The molecule has 0 saturated carbocycles. The predicted octanol–water partition coefficient (Wildman–Crippen LogP) is 4.21. The Morgan fingerprint density at radius 2 is 2.11 bits per heavy atom. The molecule has 0 amide bonds. The van der Waals surface area contributed by atoms with Crippen LogP contribution in [0.3, 0.4) is 0 Å². The Hall–Kier alpha value is -0.0900. The standard InChI is InChI=1S/C11H13Cl2O4P/c1-11(2)6-16-18(14,15)17-10(11)8-4-3-7(12)5-9(8)13/h3-5,10H,6H2,1-2H3,(H,14,15). The van der Waals surface area contributed by atoms with Crippen LogP contribution in [0.4, 0.5) is 0 Å². The van der Waals surface area contributed by atoms with E-state index in [1.165, 1.54) is 0 Å². The molecule has 0 radical (unpaired) electrons. The molecule has 0 bridgehead atoms. The van der Waals surface area contributed by atoms with E-state index in [1.54, 1.807) is 18.2 Å². The molecular weight excluding hydrogens is 298 g/mol. The van der Waals surface area contributed by atoms with Gasteiger partial charge in [-0.3, -0.25) is 9.05 Å². The Morgan fingerprint density at radius 3 is 2.72 bits per heavy atom. The van der Waals surface area contributed by atoms with Crippen LogP contribution >= 0.6 is 31.0 Å². The number of phosphoric ester groups is 1. The highest BCUT2D eigenvalue weighted by Crippen LogP contribution is 2.58. The van der Waals surface area contributed by atoms with Gasteiger partial charge in [0.2, 0.25) is 0 Å². The van der Waals surface area contributed by atoms with Gasteiger partial charge in [-0.15, -0.1) is 0 Å². The van der Waals surface area contributed by atoms with Crippen LogP contribution < -0.4 is 0 Å². The van der Waals surface area contributed by atoms with Gasteiger partial charge >= 0.3 is 7.82 Å². The van der Waals surface area contributed by atoms with Crippen LogP contribution in [0.25, 0.3) is 0 Å². The van der Waals surface area contributed by atoms with Gasteiger partial charge in [-0.2, -0.15) is 0 Å². The third kappa shape index (κ3) is 2.90. The molecule has 1 aromatic rings. The lowest BCUT2D eigenvalue weighted by molar-refractivity contribution is -0.0472. The first-order valence-electron chi connectivity index (χ1n) is 5.32. The van der Waals surface area contributed by atoms with Gasteiger partial charge in [0.15, 0.2) is 0 Å². The van der Waals surface area contributed by atoms with E-state index >= 15 is 0 Å². The minimum atomic E-state index is -4.01. The number of rotatable bonds is 1. The fourth-order valence-electron chi connectivity index (χ4n) is 1.82. The van der Waals surface area contributed by atoms with Gasteiger partial charge in [0, 0.05) is 21.0 Å². The lowest BCUT2D eigenvalue weighted by Gasteiger charge is -2.39. The molecule has 0 aromatic heterocycles. The van der Waals surface area contributed by atoms with E-state index in [-0.39, 0.29) is 6.61 Å². The van der Waals surface area contributed by atoms with Crippen LogP contribution in [0.2, 0.25) is 10.0 Å². The first kappa shape index (κ1) is 14.3. The minimum absolute atomic E-state index is 0.115. The third-order valence-electron chi connectivity index (χ3n) is 2.79. The Kier molecular flexibility index (Phi) is 3.81. The highest BCUT2D eigenvalue weighted by atomic mass is 35.5. The highest BCUT2D eigenvalue weighted by molar-refractivity contribution is 7.47. The zero-order chi connectivity index (χ0) is 13.6. The van der Waals surface area contributed by atoms with Crippen molar-refractivity contribution in [1.82, 2.24) is 0 Å². The summed E-state index contributed by atoms with van der Waals surface area (Å²) < 4.78 is 21.5. The van der Waals surface area contributed by atoms with Crippen LogP contribution in [0, 0.1) is 5.41 Å². The Labute approximate surface area is 115 Å². The van der Waals surface area contributed by atoms with Gasteiger partial charge in [0.1, 0.15) is 6.10 Å². The molecule has 1 saturated heterocycles. The number of benzene rings is 1. The smallest absolute Gasteiger partial charge is 0.302 e. The van der Waals surface area contributed by atoms with Crippen molar-refractivity contribution in [2.45, 2.75) is 20.0 Å². The predicted molar refractivity (Wildman–Crippen MR) is 69.8 cm³/mol. The average Bonchev–Trinajstić information content (AvgIpc) is 2.23. The Balaban J connectivity index is 2.43. The molecule has 1 N–H and O–H groups in total. The van der Waals surface area contributed by atoms with E-state index in [0.29, 0.717) is 15.6 Å². The van der Waals surface area contributed by atoms with E-state index in [4.69, 9.17) is 32.2 Å². The molecule has 4 nitrogen and oxygen atoms in total. The van der Waals surface area contributed by atoms with Gasteiger partial charge in [-0.1, -0.05) is 43.1 Å². The molecule has 0 aliphatic carbocycles. The molecular formula is C11H13Cl2O4P. The first-order chi connectivity index (χ1) is 8.21. The third-order valence-corrected chi connectivity index (χ3v) is 4.29. The van der Waals surface area contributed by atoms with Crippen molar-refractivity contribution in [2.24, 2.45) is 5.41 Å². The molecule has 1 aliphatic rings. The van der Waals surface area contributed by atoms with Gasteiger partial charge in [-0.25, -0.2) is 4.57 Å². The second-order valence-electron chi connectivity index (χ2n) is 4.88. The highest BCUT2D eigenvalue weighted by Gasteiger charge is 2.45. The quantitative estimate of drug-likeness (QED) is 0.789. The number of hydrogen-bond acceptors (Lipinski definition) is 3. The maximum absolute atomic E-state index is 11.5. The minimum Gasteiger partial charge on any atom is -0.302 e.